The minimum atomic E-state index is -0.891. The van der Waals surface area contributed by atoms with Gasteiger partial charge in [-0.3, -0.25) is 4.79 Å². The number of hydrogen-bond donors (Lipinski definition) is 2. The maximum absolute atomic E-state index is 12.0. The lowest BCUT2D eigenvalue weighted by atomic mass is 10.1. The van der Waals surface area contributed by atoms with E-state index in [4.69, 9.17) is 10.5 Å². The predicted octanol–water partition coefficient (Wildman–Crippen LogP) is 1.20. The Morgan fingerprint density at radius 2 is 1.95 bits per heavy atom. The molecule has 19 heavy (non-hydrogen) atoms. The van der Waals surface area contributed by atoms with Crippen LogP contribution in [0.2, 0.25) is 0 Å². The molecule has 1 aliphatic heterocycles. The molecule has 1 amide bonds. The summed E-state index contributed by atoms with van der Waals surface area (Å²) < 4.78 is 5.35. The van der Waals surface area contributed by atoms with Crippen LogP contribution in [0.3, 0.4) is 0 Å². The van der Waals surface area contributed by atoms with Crippen molar-refractivity contribution in [3.05, 3.63) is 24.3 Å². The summed E-state index contributed by atoms with van der Waals surface area (Å²) in [6.07, 6.45) is 0. The smallest absolute Gasteiger partial charge is 0.243 e. The summed E-state index contributed by atoms with van der Waals surface area (Å²) in [4.78, 5) is 14.2. The predicted molar refractivity (Wildman–Crippen MR) is 76.4 cm³/mol. The zero-order valence-corrected chi connectivity index (χ0v) is 11.5. The molecule has 3 N–H and O–H groups in total. The summed E-state index contributed by atoms with van der Waals surface area (Å²) in [7, 11) is 0. The minimum Gasteiger partial charge on any atom is -0.378 e. The molecule has 0 radical (unpaired) electrons. The molecule has 0 atom stereocenters. The molecule has 0 bridgehead atoms. The van der Waals surface area contributed by atoms with Gasteiger partial charge in [-0.15, -0.1) is 0 Å². The summed E-state index contributed by atoms with van der Waals surface area (Å²) in [5.41, 5.74) is 6.73. The van der Waals surface area contributed by atoms with Gasteiger partial charge in [0.15, 0.2) is 0 Å². The highest BCUT2D eigenvalue weighted by Gasteiger charge is 2.23. The molecule has 0 aromatic heterocycles. The van der Waals surface area contributed by atoms with Crippen LogP contribution in [0.4, 0.5) is 11.4 Å². The van der Waals surface area contributed by atoms with E-state index in [1.165, 1.54) is 0 Å². The summed E-state index contributed by atoms with van der Waals surface area (Å²) in [6.45, 7) is 6.48. The molecule has 1 fully saturated rings. The quantitative estimate of drug-likeness (QED) is 0.860. The summed E-state index contributed by atoms with van der Waals surface area (Å²) >= 11 is 0. The van der Waals surface area contributed by atoms with Crippen molar-refractivity contribution in [1.82, 2.24) is 0 Å². The lowest BCUT2D eigenvalue weighted by molar-refractivity contribution is -0.120. The van der Waals surface area contributed by atoms with Crippen LogP contribution >= 0.6 is 0 Å². The van der Waals surface area contributed by atoms with E-state index in [-0.39, 0.29) is 5.91 Å². The highest BCUT2D eigenvalue weighted by molar-refractivity contribution is 5.99. The Bertz CT molecular complexity index is 448. The van der Waals surface area contributed by atoms with Gasteiger partial charge < -0.3 is 20.7 Å². The fourth-order valence-corrected chi connectivity index (χ4v) is 1.94. The molecule has 1 heterocycles. The molecular weight excluding hydrogens is 242 g/mol. The Balaban J connectivity index is 2.18. The third kappa shape index (κ3) is 3.45. The molecule has 1 saturated heterocycles. The topological polar surface area (TPSA) is 67.6 Å². The van der Waals surface area contributed by atoms with Crippen LogP contribution in [0.25, 0.3) is 0 Å². The van der Waals surface area contributed by atoms with Gasteiger partial charge in [0.25, 0.3) is 0 Å². The molecule has 1 aromatic rings. The summed E-state index contributed by atoms with van der Waals surface area (Å²) in [6, 6.07) is 7.77. The third-order valence-electron chi connectivity index (χ3n) is 3.09. The fraction of sp³-hybridized carbons (Fsp3) is 0.500. The van der Waals surface area contributed by atoms with Crippen LogP contribution in [0, 0.1) is 0 Å². The van der Waals surface area contributed by atoms with Crippen LogP contribution in [-0.4, -0.2) is 37.7 Å². The molecule has 0 spiro atoms. The van der Waals surface area contributed by atoms with Crippen LogP contribution in [0.5, 0.6) is 0 Å². The molecule has 5 nitrogen and oxygen atoms in total. The van der Waals surface area contributed by atoms with Crippen molar-refractivity contribution in [2.75, 3.05) is 36.5 Å². The number of benzene rings is 1. The molecule has 2 rings (SSSR count). The van der Waals surface area contributed by atoms with Crippen molar-refractivity contribution in [3.63, 3.8) is 0 Å². The first-order valence-corrected chi connectivity index (χ1v) is 6.50. The fourth-order valence-electron chi connectivity index (χ4n) is 1.94. The number of carbonyl (C=O) groups excluding carboxylic acids is 1. The van der Waals surface area contributed by atoms with Gasteiger partial charge in [-0.25, -0.2) is 0 Å². The van der Waals surface area contributed by atoms with Crippen molar-refractivity contribution < 1.29 is 9.53 Å². The largest absolute Gasteiger partial charge is 0.378 e. The monoisotopic (exact) mass is 263 g/mol. The molecular formula is C14H21N3O2. The van der Waals surface area contributed by atoms with E-state index in [1.54, 1.807) is 13.8 Å². The van der Waals surface area contributed by atoms with Gasteiger partial charge in [0.2, 0.25) is 5.91 Å². The summed E-state index contributed by atoms with van der Waals surface area (Å²) in [5, 5.41) is 2.90. The normalized spacial score (nSPS) is 16.3. The highest BCUT2D eigenvalue weighted by atomic mass is 16.5. The molecule has 0 unspecified atom stereocenters. The molecule has 5 heteroatoms. The van der Waals surface area contributed by atoms with Crippen molar-refractivity contribution >= 4 is 17.3 Å². The van der Waals surface area contributed by atoms with E-state index in [0.717, 1.165) is 24.5 Å². The lowest BCUT2D eigenvalue weighted by Gasteiger charge is -2.31. The van der Waals surface area contributed by atoms with Crippen LogP contribution < -0.4 is 16.0 Å². The van der Waals surface area contributed by atoms with E-state index < -0.39 is 5.54 Å². The van der Waals surface area contributed by atoms with Crippen molar-refractivity contribution in [1.29, 1.82) is 0 Å². The van der Waals surface area contributed by atoms with Crippen LogP contribution in [0.15, 0.2) is 24.3 Å². The highest BCUT2D eigenvalue weighted by Crippen LogP contribution is 2.26. The van der Waals surface area contributed by atoms with Gasteiger partial charge in [0, 0.05) is 13.1 Å². The second-order valence-corrected chi connectivity index (χ2v) is 5.29. The Kier molecular flexibility index (Phi) is 4.07. The maximum atomic E-state index is 12.0. The number of rotatable bonds is 3. The minimum absolute atomic E-state index is 0.187. The molecule has 104 valence electrons. The van der Waals surface area contributed by atoms with Crippen LogP contribution in [-0.2, 0) is 9.53 Å². The number of ether oxygens (including phenoxy) is 1. The maximum Gasteiger partial charge on any atom is 0.243 e. The van der Waals surface area contributed by atoms with Crippen molar-refractivity contribution in [3.8, 4) is 0 Å². The number of carbonyl (C=O) groups is 1. The van der Waals surface area contributed by atoms with Gasteiger partial charge in [-0.2, -0.15) is 0 Å². The van der Waals surface area contributed by atoms with Crippen molar-refractivity contribution in [2.24, 2.45) is 5.73 Å². The van der Waals surface area contributed by atoms with E-state index in [1.807, 2.05) is 24.3 Å². The zero-order valence-electron chi connectivity index (χ0n) is 11.5. The Morgan fingerprint density at radius 1 is 1.32 bits per heavy atom. The first kappa shape index (κ1) is 13.8. The van der Waals surface area contributed by atoms with Gasteiger partial charge >= 0.3 is 0 Å². The van der Waals surface area contributed by atoms with Crippen molar-refractivity contribution in [2.45, 2.75) is 19.4 Å². The second kappa shape index (κ2) is 5.59. The van der Waals surface area contributed by atoms with E-state index in [0.29, 0.717) is 13.2 Å². The van der Waals surface area contributed by atoms with E-state index in [2.05, 4.69) is 10.2 Å². The molecule has 1 aromatic carbocycles. The second-order valence-electron chi connectivity index (χ2n) is 5.29. The molecule has 0 aliphatic carbocycles. The van der Waals surface area contributed by atoms with Gasteiger partial charge in [-0.05, 0) is 26.0 Å². The number of hydrogen-bond acceptors (Lipinski definition) is 4. The number of nitrogens with zero attached hydrogens (tertiary/aromatic N) is 1. The molecule has 1 aliphatic rings. The average Bonchev–Trinajstić information content (AvgIpc) is 2.39. The Morgan fingerprint density at radius 3 is 2.58 bits per heavy atom. The summed E-state index contributed by atoms with van der Waals surface area (Å²) in [5.74, 6) is -0.187. The van der Waals surface area contributed by atoms with Gasteiger partial charge in [0.05, 0.1) is 30.1 Å². The number of para-hydroxylation sites is 2. The first-order valence-electron chi connectivity index (χ1n) is 6.50. The van der Waals surface area contributed by atoms with Gasteiger partial charge in [0.1, 0.15) is 0 Å². The number of nitrogens with one attached hydrogen (secondary N) is 1. The number of nitrogens with two attached hydrogens (primary N) is 1. The molecule has 0 saturated carbocycles. The lowest BCUT2D eigenvalue weighted by Crippen LogP contribution is -2.45. The first-order chi connectivity index (χ1) is 8.98. The van der Waals surface area contributed by atoms with Crippen LogP contribution in [0.1, 0.15) is 13.8 Å². The number of amides is 1. The standard InChI is InChI=1S/C14H21N3O2/c1-14(2,15)13(18)16-11-5-3-4-6-12(11)17-7-9-19-10-8-17/h3-6H,7-10,15H2,1-2H3,(H,16,18). The number of anilines is 2. The third-order valence-corrected chi connectivity index (χ3v) is 3.09. The van der Waals surface area contributed by atoms with E-state index in [9.17, 15) is 4.79 Å². The Hall–Kier alpha value is -1.59. The Labute approximate surface area is 113 Å². The average molecular weight is 263 g/mol. The van der Waals surface area contributed by atoms with Gasteiger partial charge in [-0.1, -0.05) is 12.1 Å². The SMILES string of the molecule is CC(C)(N)C(=O)Nc1ccccc1N1CCOCC1. The van der Waals surface area contributed by atoms with E-state index >= 15 is 0 Å². The number of morpholine rings is 1. The zero-order chi connectivity index (χ0) is 13.9.